The molecule has 1 amide bonds. The summed E-state index contributed by atoms with van der Waals surface area (Å²) >= 11 is 5.95. The van der Waals surface area contributed by atoms with Gasteiger partial charge < -0.3 is 4.57 Å². The van der Waals surface area contributed by atoms with Crippen molar-refractivity contribution in [1.29, 1.82) is 0 Å². The Morgan fingerprint density at radius 1 is 1.28 bits per heavy atom. The fraction of sp³-hybridized carbons (Fsp3) is 0.474. The number of aryl methyl sites for hydroxylation is 1. The minimum atomic E-state index is -3.76. The monoisotopic (exact) mass is 440 g/mol. The molecular formula is C19H22ClFN4O3S. The van der Waals surface area contributed by atoms with E-state index in [1.165, 1.54) is 12.1 Å². The van der Waals surface area contributed by atoms with E-state index in [4.69, 9.17) is 11.6 Å². The molecule has 156 valence electrons. The van der Waals surface area contributed by atoms with Crippen LogP contribution in [0.3, 0.4) is 0 Å². The number of carbonyl (C=O) groups is 1. The van der Waals surface area contributed by atoms with Crippen molar-refractivity contribution in [2.75, 3.05) is 0 Å². The van der Waals surface area contributed by atoms with E-state index in [1.54, 1.807) is 24.1 Å². The van der Waals surface area contributed by atoms with Gasteiger partial charge >= 0.3 is 0 Å². The summed E-state index contributed by atoms with van der Waals surface area (Å²) in [5.41, 5.74) is 2.76. The standard InChI is InChI=1S/C19H22ClFN4O3S/c1-25-9-16(22-10-25)13-7-14(18(21)15(20)8-13)19(26)23-24-29(27,28)17-5-3-11-2-4-12(17)6-11/h7-12,17,24H,2-6H2,1H3,(H,23,26). The van der Waals surface area contributed by atoms with E-state index in [9.17, 15) is 17.6 Å². The Hall–Kier alpha value is -1.97. The highest BCUT2D eigenvalue weighted by atomic mass is 35.5. The van der Waals surface area contributed by atoms with Crippen LogP contribution in [0.15, 0.2) is 24.7 Å². The van der Waals surface area contributed by atoms with Gasteiger partial charge in [-0.15, -0.1) is 4.83 Å². The fourth-order valence-electron chi connectivity index (χ4n) is 4.48. The highest BCUT2D eigenvalue weighted by Gasteiger charge is 2.42. The Labute approximate surface area is 173 Å². The predicted octanol–water partition coefficient (Wildman–Crippen LogP) is 3.02. The van der Waals surface area contributed by atoms with Crippen LogP contribution in [0.1, 0.15) is 42.5 Å². The first-order chi connectivity index (χ1) is 13.7. The van der Waals surface area contributed by atoms with Crippen molar-refractivity contribution < 1.29 is 17.6 Å². The Morgan fingerprint density at radius 2 is 2.03 bits per heavy atom. The van der Waals surface area contributed by atoms with Crippen LogP contribution in [-0.2, 0) is 17.1 Å². The molecule has 1 aromatic carbocycles. The summed E-state index contributed by atoms with van der Waals surface area (Å²) in [6.07, 6.45) is 7.59. The van der Waals surface area contributed by atoms with Crippen LogP contribution in [0.2, 0.25) is 5.02 Å². The molecule has 0 spiro atoms. The molecule has 0 radical (unpaired) electrons. The molecule has 10 heteroatoms. The van der Waals surface area contributed by atoms with Crippen LogP contribution >= 0.6 is 11.6 Å². The van der Waals surface area contributed by atoms with Gasteiger partial charge in [0.15, 0.2) is 5.82 Å². The first-order valence-corrected chi connectivity index (χ1v) is 11.5. The van der Waals surface area contributed by atoms with Crippen molar-refractivity contribution in [2.45, 2.75) is 37.4 Å². The van der Waals surface area contributed by atoms with Gasteiger partial charge in [0.25, 0.3) is 5.91 Å². The number of nitrogens with zero attached hydrogens (tertiary/aromatic N) is 2. The molecule has 2 saturated carbocycles. The molecule has 1 aromatic heterocycles. The number of rotatable bonds is 5. The predicted molar refractivity (Wildman–Crippen MR) is 107 cm³/mol. The van der Waals surface area contributed by atoms with Crippen molar-refractivity contribution >= 4 is 27.5 Å². The molecule has 1 heterocycles. The number of fused-ring (bicyclic) bond motifs is 2. The number of hydrogen-bond donors (Lipinski definition) is 2. The lowest BCUT2D eigenvalue weighted by molar-refractivity contribution is 0.0940. The number of aromatic nitrogens is 2. The van der Waals surface area contributed by atoms with Crippen LogP contribution in [-0.4, -0.2) is 29.1 Å². The summed E-state index contributed by atoms with van der Waals surface area (Å²) < 4.78 is 41.5. The van der Waals surface area contributed by atoms with Gasteiger partial charge in [-0.3, -0.25) is 10.2 Å². The molecule has 2 aromatic rings. The molecule has 2 bridgehead atoms. The highest BCUT2D eigenvalue weighted by molar-refractivity contribution is 7.90. The fourth-order valence-corrected chi connectivity index (χ4v) is 6.29. The number of halogens is 2. The maximum atomic E-state index is 14.5. The van der Waals surface area contributed by atoms with E-state index >= 15 is 0 Å². The molecule has 0 aliphatic heterocycles. The number of benzene rings is 1. The van der Waals surface area contributed by atoms with Crippen molar-refractivity contribution in [2.24, 2.45) is 18.9 Å². The summed E-state index contributed by atoms with van der Waals surface area (Å²) in [4.78, 5) is 18.9. The second-order valence-electron chi connectivity index (χ2n) is 7.90. The Balaban J connectivity index is 1.51. The third-order valence-electron chi connectivity index (χ3n) is 5.95. The normalized spacial score (nSPS) is 23.9. The average Bonchev–Trinajstić information content (AvgIpc) is 3.27. The molecule has 7 nitrogen and oxygen atoms in total. The number of nitrogens with one attached hydrogen (secondary N) is 2. The zero-order valence-corrected chi connectivity index (χ0v) is 17.4. The van der Waals surface area contributed by atoms with Gasteiger partial charge in [0.1, 0.15) is 0 Å². The van der Waals surface area contributed by atoms with Gasteiger partial charge in [-0.2, -0.15) is 0 Å². The number of hydrazine groups is 1. The van der Waals surface area contributed by atoms with Crippen LogP contribution in [0.5, 0.6) is 0 Å². The first kappa shape index (κ1) is 20.3. The smallest absolute Gasteiger partial charge is 0.269 e. The molecule has 2 aliphatic carbocycles. The van der Waals surface area contributed by atoms with E-state index in [2.05, 4.69) is 15.2 Å². The number of sulfonamides is 1. The minimum absolute atomic E-state index is 0.113. The molecule has 0 saturated heterocycles. The molecule has 3 unspecified atom stereocenters. The number of hydrogen-bond acceptors (Lipinski definition) is 4. The topological polar surface area (TPSA) is 93.1 Å². The largest absolute Gasteiger partial charge is 0.340 e. The van der Waals surface area contributed by atoms with Crippen LogP contribution < -0.4 is 10.3 Å². The van der Waals surface area contributed by atoms with Gasteiger partial charge in [0, 0.05) is 18.8 Å². The van der Waals surface area contributed by atoms with Crippen molar-refractivity contribution in [3.8, 4) is 11.3 Å². The van der Waals surface area contributed by atoms with E-state index < -0.39 is 27.0 Å². The number of imidazole rings is 1. The minimum Gasteiger partial charge on any atom is -0.340 e. The lowest BCUT2D eigenvalue weighted by atomic mass is 9.89. The lowest BCUT2D eigenvalue weighted by Gasteiger charge is -2.28. The zero-order valence-electron chi connectivity index (χ0n) is 15.9. The second kappa shape index (κ2) is 7.70. The van der Waals surface area contributed by atoms with Crippen LogP contribution in [0.25, 0.3) is 11.3 Å². The SMILES string of the molecule is Cn1cnc(-c2cc(Cl)c(F)c(C(=O)NNS(=O)(=O)C3CCC4CCC3C4)c2)c1. The van der Waals surface area contributed by atoms with Crippen molar-refractivity contribution in [1.82, 2.24) is 19.8 Å². The maximum Gasteiger partial charge on any atom is 0.269 e. The van der Waals surface area contributed by atoms with Crippen LogP contribution in [0, 0.1) is 17.7 Å². The molecular weight excluding hydrogens is 419 g/mol. The number of amides is 1. The van der Waals surface area contributed by atoms with Crippen molar-refractivity contribution in [3.05, 3.63) is 41.1 Å². The first-order valence-electron chi connectivity index (χ1n) is 9.53. The molecule has 2 N–H and O–H groups in total. The molecule has 2 fully saturated rings. The average molecular weight is 441 g/mol. The van der Waals surface area contributed by atoms with E-state index in [0.29, 0.717) is 23.6 Å². The Morgan fingerprint density at radius 3 is 2.76 bits per heavy atom. The third-order valence-corrected chi connectivity index (χ3v) is 8.03. The Bertz CT molecular complexity index is 1060. The Kier molecular flexibility index (Phi) is 5.39. The van der Waals surface area contributed by atoms with E-state index in [-0.39, 0.29) is 16.5 Å². The van der Waals surface area contributed by atoms with Crippen molar-refractivity contribution in [3.63, 3.8) is 0 Å². The van der Waals surface area contributed by atoms with E-state index in [0.717, 1.165) is 25.7 Å². The molecule has 29 heavy (non-hydrogen) atoms. The summed E-state index contributed by atoms with van der Waals surface area (Å²) in [5, 5.41) is -0.778. The number of carbonyl (C=O) groups excluding carboxylic acids is 1. The van der Waals surface area contributed by atoms with Gasteiger partial charge in [0.2, 0.25) is 10.0 Å². The second-order valence-corrected chi connectivity index (χ2v) is 10.2. The molecule has 4 rings (SSSR count). The maximum absolute atomic E-state index is 14.5. The summed E-state index contributed by atoms with van der Waals surface area (Å²) in [6.45, 7) is 0. The molecule has 2 aliphatic rings. The van der Waals surface area contributed by atoms with Gasteiger partial charge in [0.05, 0.1) is 27.9 Å². The quantitative estimate of drug-likeness (QED) is 0.699. The lowest BCUT2D eigenvalue weighted by Crippen LogP contribution is -2.48. The zero-order chi connectivity index (χ0) is 20.8. The van der Waals surface area contributed by atoms with Gasteiger partial charge in [-0.1, -0.05) is 18.0 Å². The van der Waals surface area contributed by atoms with Crippen LogP contribution in [0.4, 0.5) is 4.39 Å². The summed E-state index contributed by atoms with van der Waals surface area (Å²) in [6, 6.07) is 2.67. The third kappa shape index (κ3) is 4.04. The highest BCUT2D eigenvalue weighted by Crippen LogP contribution is 2.44. The van der Waals surface area contributed by atoms with E-state index in [1.807, 2.05) is 0 Å². The molecule has 3 atom stereocenters. The van der Waals surface area contributed by atoms with Gasteiger partial charge in [-0.25, -0.2) is 17.8 Å². The van der Waals surface area contributed by atoms with Gasteiger partial charge in [-0.05, 0) is 49.7 Å². The summed E-state index contributed by atoms with van der Waals surface area (Å²) in [5.74, 6) is -1.10. The summed E-state index contributed by atoms with van der Waals surface area (Å²) in [7, 11) is -1.98.